The molecule has 2 rings (SSSR count). The first-order chi connectivity index (χ1) is 11.0. The molecule has 1 aromatic rings. The Balaban J connectivity index is 2.06. The van der Waals surface area contributed by atoms with Crippen molar-refractivity contribution < 1.29 is 9.53 Å². The van der Waals surface area contributed by atoms with Crippen LogP contribution in [0.3, 0.4) is 0 Å². The first-order valence-electron chi connectivity index (χ1n) is 8.29. The van der Waals surface area contributed by atoms with E-state index in [1.54, 1.807) is 11.1 Å². The number of rotatable bonds is 6. The number of amides is 1. The van der Waals surface area contributed by atoms with Gasteiger partial charge >= 0.3 is 0 Å². The number of carbonyl (C=O) groups is 1. The number of nitrogens with two attached hydrogens (primary N) is 1. The maximum atomic E-state index is 12.8. The Labute approximate surface area is 138 Å². The molecular weight excluding hydrogens is 292 g/mol. The zero-order chi connectivity index (χ0) is 16.8. The molecule has 0 saturated carbocycles. The summed E-state index contributed by atoms with van der Waals surface area (Å²) in [6.07, 6.45) is 2.53. The molecule has 1 aliphatic heterocycles. The molecule has 1 aliphatic rings. The number of hydrogen-bond acceptors (Lipinski definition) is 5. The number of ether oxygens (including phenoxy) is 1. The topological polar surface area (TPSA) is 71.7 Å². The lowest BCUT2D eigenvalue weighted by Gasteiger charge is -2.30. The number of morpholine rings is 1. The quantitative estimate of drug-likeness (QED) is 0.857. The molecule has 0 bridgehead atoms. The fourth-order valence-electron chi connectivity index (χ4n) is 2.57. The molecule has 1 atom stereocenters. The standard InChI is InChI=1S/C17H28N4O2/c1-13(2)15(18)6-8-20(3)17(22)14-5-4-7-19-16(14)21-9-11-23-12-10-21/h4-5,7,13,15H,6,8-12,18H2,1-3H3. The summed E-state index contributed by atoms with van der Waals surface area (Å²) in [6, 6.07) is 3.77. The Hall–Kier alpha value is -1.66. The molecule has 1 aromatic heterocycles. The monoisotopic (exact) mass is 320 g/mol. The summed E-state index contributed by atoms with van der Waals surface area (Å²) >= 11 is 0. The van der Waals surface area contributed by atoms with Gasteiger partial charge in [0.25, 0.3) is 5.91 Å². The molecule has 0 aliphatic carbocycles. The highest BCUT2D eigenvalue weighted by Gasteiger charge is 2.22. The van der Waals surface area contributed by atoms with E-state index in [0.29, 0.717) is 31.2 Å². The van der Waals surface area contributed by atoms with Crippen molar-refractivity contribution in [1.29, 1.82) is 0 Å². The van der Waals surface area contributed by atoms with Gasteiger partial charge in [-0.1, -0.05) is 13.8 Å². The number of carbonyl (C=O) groups excluding carboxylic acids is 1. The molecule has 0 radical (unpaired) electrons. The summed E-state index contributed by atoms with van der Waals surface area (Å²) in [5, 5.41) is 0. The summed E-state index contributed by atoms with van der Waals surface area (Å²) in [4.78, 5) is 21.1. The number of hydrogen-bond donors (Lipinski definition) is 1. The van der Waals surface area contributed by atoms with Crippen LogP contribution in [-0.4, -0.2) is 61.7 Å². The van der Waals surface area contributed by atoms with Crippen molar-refractivity contribution in [2.75, 3.05) is 44.8 Å². The van der Waals surface area contributed by atoms with E-state index in [4.69, 9.17) is 10.5 Å². The maximum Gasteiger partial charge on any atom is 0.257 e. The van der Waals surface area contributed by atoms with E-state index < -0.39 is 0 Å². The Morgan fingerprint density at radius 3 is 2.78 bits per heavy atom. The van der Waals surface area contributed by atoms with E-state index in [2.05, 4.69) is 23.7 Å². The van der Waals surface area contributed by atoms with Crippen LogP contribution in [0.4, 0.5) is 5.82 Å². The highest BCUT2D eigenvalue weighted by atomic mass is 16.5. The number of nitrogens with zero attached hydrogens (tertiary/aromatic N) is 3. The molecule has 1 unspecified atom stereocenters. The molecule has 2 N–H and O–H groups in total. The van der Waals surface area contributed by atoms with Gasteiger partial charge in [0.05, 0.1) is 18.8 Å². The molecule has 128 valence electrons. The average molecular weight is 320 g/mol. The summed E-state index contributed by atoms with van der Waals surface area (Å²) in [6.45, 7) is 7.72. The molecule has 0 aromatic carbocycles. The van der Waals surface area contributed by atoms with Crippen molar-refractivity contribution in [1.82, 2.24) is 9.88 Å². The summed E-state index contributed by atoms with van der Waals surface area (Å²) in [7, 11) is 1.82. The van der Waals surface area contributed by atoms with Gasteiger partial charge in [-0.05, 0) is 24.5 Å². The predicted molar refractivity (Wildman–Crippen MR) is 91.7 cm³/mol. The Morgan fingerprint density at radius 2 is 2.13 bits per heavy atom. The van der Waals surface area contributed by atoms with Gasteiger partial charge in [-0.3, -0.25) is 4.79 Å². The van der Waals surface area contributed by atoms with E-state index in [9.17, 15) is 4.79 Å². The van der Waals surface area contributed by atoms with Gasteiger partial charge in [0.2, 0.25) is 0 Å². The van der Waals surface area contributed by atoms with Crippen LogP contribution < -0.4 is 10.6 Å². The molecule has 0 spiro atoms. The molecular formula is C17H28N4O2. The SMILES string of the molecule is CC(C)C(N)CCN(C)C(=O)c1cccnc1N1CCOCC1. The minimum Gasteiger partial charge on any atom is -0.378 e. The summed E-state index contributed by atoms with van der Waals surface area (Å²) in [5.41, 5.74) is 6.73. The Kier molecular flexibility index (Phi) is 6.36. The lowest BCUT2D eigenvalue weighted by atomic mass is 10.0. The van der Waals surface area contributed by atoms with E-state index in [-0.39, 0.29) is 11.9 Å². The second kappa shape index (κ2) is 8.26. The van der Waals surface area contributed by atoms with Crippen LogP contribution in [-0.2, 0) is 4.74 Å². The predicted octanol–water partition coefficient (Wildman–Crippen LogP) is 1.36. The summed E-state index contributed by atoms with van der Waals surface area (Å²) < 4.78 is 5.38. The zero-order valence-electron chi connectivity index (χ0n) is 14.4. The third kappa shape index (κ3) is 4.65. The number of pyridine rings is 1. The van der Waals surface area contributed by atoms with Crippen LogP contribution in [0.1, 0.15) is 30.6 Å². The summed E-state index contributed by atoms with van der Waals surface area (Å²) in [5.74, 6) is 1.16. The van der Waals surface area contributed by atoms with Gasteiger partial charge in [-0.15, -0.1) is 0 Å². The average Bonchev–Trinajstić information content (AvgIpc) is 2.59. The van der Waals surface area contributed by atoms with E-state index in [1.807, 2.05) is 19.2 Å². The second-order valence-corrected chi connectivity index (χ2v) is 6.40. The number of anilines is 1. The molecule has 2 heterocycles. The second-order valence-electron chi connectivity index (χ2n) is 6.40. The highest BCUT2D eigenvalue weighted by Crippen LogP contribution is 2.20. The van der Waals surface area contributed by atoms with Gasteiger partial charge in [0.1, 0.15) is 5.82 Å². The third-order valence-electron chi connectivity index (χ3n) is 4.33. The largest absolute Gasteiger partial charge is 0.378 e. The lowest BCUT2D eigenvalue weighted by molar-refractivity contribution is 0.0788. The molecule has 1 saturated heterocycles. The van der Waals surface area contributed by atoms with Gasteiger partial charge in [0.15, 0.2) is 0 Å². The smallest absolute Gasteiger partial charge is 0.257 e. The normalized spacial score (nSPS) is 16.5. The lowest BCUT2D eigenvalue weighted by Crippen LogP contribution is -2.39. The van der Waals surface area contributed by atoms with Gasteiger partial charge in [-0.25, -0.2) is 4.98 Å². The van der Waals surface area contributed by atoms with Crippen molar-refractivity contribution in [3.8, 4) is 0 Å². The minimum atomic E-state index is -0.00412. The van der Waals surface area contributed by atoms with E-state index in [0.717, 1.165) is 25.3 Å². The molecule has 1 amide bonds. The van der Waals surface area contributed by atoms with Crippen LogP contribution >= 0.6 is 0 Å². The van der Waals surface area contributed by atoms with Crippen molar-refractivity contribution >= 4 is 11.7 Å². The molecule has 6 heteroatoms. The first-order valence-corrected chi connectivity index (χ1v) is 8.29. The Morgan fingerprint density at radius 1 is 1.43 bits per heavy atom. The third-order valence-corrected chi connectivity index (χ3v) is 4.33. The van der Waals surface area contributed by atoms with Gasteiger partial charge in [-0.2, -0.15) is 0 Å². The first kappa shape index (κ1) is 17.7. The van der Waals surface area contributed by atoms with Crippen LogP contribution in [0.2, 0.25) is 0 Å². The molecule has 23 heavy (non-hydrogen) atoms. The van der Waals surface area contributed by atoms with Crippen LogP contribution in [0, 0.1) is 5.92 Å². The molecule has 6 nitrogen and oxygen atoms in total. The van der Waals surface area contributed by atoms with Gasteiger partial charge in [0, 0.05) is 38.9 Å². The van der Waals surface area contributed by atoms with Crippen LogP contribution in [0.25, 0.3) is 0 Å². The van der Waals surface area contributed by atoms with Crippen molar-refractivity contribution in [3.63, 3.8) is 0 Å². The maximum absolute atomic E-state index is 12.8. The Bertz CT molecular complexity index is 515. The van der Waals surface area contributed by atoms with Crippen molar-refractivity contribution in [3.05, 3.63) is 23.9 Å². The van der Waals surface area contributed by atoms with Crippen LogP contribution in [0.15, 0.2) is 18.3 Å². The van der Waals surface area contributed by atoms with Crippen molar-refractivity contribution in [2.45, 2.75) is 26.3 Å². The molecule has 1 fully saturated rings. The fourth-order valence-corrected chi connectivity index (χ4v) is 2.57. The number of aromatic nitrogens is 1. The minimum absolute atomic E-state index is 0.00412. The van der Waals surface area contributed by atoms with Crippen molar-refractivity contribution in [2.24, 2.45) is 11.7 Å². The van der Waals surface area contributed by atoms with Crippen LogP contribution in [0.5, 0.6) is 0 Å². The fraction of sp³-hybridized carbons (Fsp3) is 0.647. The highest BCUT2D eigenvalue weighted by molar-refractivity contribution is 5.98. The zero-order valence-corrected chi connectivity index (χ0v) is 14.4. The van der Waals surface area contributed by atoms with Gasteiger partial charge < -0.3 is 20.3 Å². The van der Waals surface area contributed by atoms with E-state index >= 15 is 0 Å². The van der Waals surface area contributed by atoms with E-state index in [1.165, 1.54) is 0 Å².